The molecule has 14 nitrogen and oxygen atoms in total. The molecular weight excluding hydrogens is 494 g/mol. The van der Waals surface area contributed by atoms with Gasteiger partial charge in [0.25, 0.3) is 10.0 Å². The van der Waals surface area contributed by atoms with E-state index in [1.165, 1.54) is 50.6 Å². The van der Waals surface area contributed by atoms with Gasteiger partial charge < -0.3 is 14.8 Å². The van der Waals surface area contributed by atoms with E-state index < -0.39 is 20.6 Å². The van der Waals surface area contributed by atoms with Gasteiger partial charge in [-0.3, -0.25) is 14.8 Å². The van der Waals surface area contributed by atoms with Gasteiger partial charge in [0.1, 0.15) is 5.69 Å². The molecule has 4 aromatic rings. The van der Waals surface area contributed by atoms with Crippen molar-refractivity contribution in [1.82, 2.24) is 20.3 Å². The molecule has 2 aromatic carbocycles. The summed E-state index contributed by atoms with van der Waals surface area (Å²) in [5.41, 5.74) is -0.111. The maximum Gasteiger partial charge on any atom is 0.324 e. The third kappa shape index (κ3) is 4.46. The first-order chi connectivity index (χ1) is 16.2. The number of halogens is 1. The Bertz CT molecular complexity index is 1470. The maximum absolute atomic E-state index is 12.8. The minimum absolute atomic E-state index is 0.0205. The van der Waals surface area contributed by atoms with Gasteiger partial charge in [-0.1, -0.05) is 11.6 Å². The first-order valence-electron chi connectivity index (χ1n) is 9.18. The quantitative estimate of drug-likeness (QED) is 0.262. The molecule has 2 aromatic heterocycles. The van der Waals surface area contributed by atoms with Crippen molar-refractivity contribution in [1.29, 1.82) is 0 Å². The molecule has 0 saturated heterocycles. The van der Waals surface area contributed by atoms with Gasteiger partial charge in [0.2, 0.25) is 11.4 Å². The standard InChI is InChI=1S/C18H14ClN7O7S/c1-31-14-8-13(21-18(22-14)32-2)25-34(29,30)10-5-3-9(4-6-10)20-12-7-11(19)15-16(24-33-23-15)17(12)26(27)28/h3-8,20H,1-2H3,(H,21,22,25). The van der Waals surface area contributed by atoms with E-state index in [-0.39, 0.29) is 44.3 Å². The minimum Gasteiger partial charge on any atom is -0.481 e. The van der Waals surface area contributed by atoms with E-state index in [0.29, 0.717) is 5.69 Å². The van der Waals surface area contributed by atoms with E-state index in [0.717, 1.165) is 0 Å². The highest BCUT2D eigenvalue weighted by molar-refractivity contribution is 7.92. The van der Waals surface area contributed by atoms with Crippen LogP contribution in [-0.2, 0) is 10.0 Å². The van der Waals surface area contributed by atoms with Crippen molar-refractivity contribution in [2.75, 3.05) is 24.3 Å². The van der Waals surface area contributed by atoms with Crippen molar-refractivity contribution in [3.63, 3.8) is 0 Å². The number of rotatable bonds is 8. The molecule has 0 aliphatic rings. The van der Waals surface area contributed by atoms with Gasteiger partial charge in [-0.25, -0.2) is 13.0 Å². The number of sulfonamides is 1. The smallest absolute Gasteiger partial charge is 0.324 e. The summed E-state index contributed by atoms with van der Waals surface area (Å²) in [4.78, 5) is 18.7. The Morgan fingerprint density at radius 2 is 1.76 bits per heavy atom. The summed E-state index contributed by atoms with van der Waals surface area (Å²) in [5, 5.41) is 21.6. The summed E-state index contributed by atoms with van der Waals surface area (Å²) < 4.78 is 42.3. The zero-order valence-electron chi connectivity index (χ0n) is 17.3. The van der Waals surface area contributed by atoms with Crippen LogP contribution in [0.25, 0.3) is 11.0 Å². The molecule has 34 heavy (non-hydrogen) atoms. The Morgan fingerprint density at radius 3 is 2.41 bits per heavy atom. The zero-order chi connectivity index (χ0) is 24.5. The third-order valence-corrected chi connectivity index (χ3v) is 6.06. The lowest BCUT2D eigenvalue weighted by atomic mass is 10.2. The Balaban J connectivity index is 1.61. The number of fused-ring (bicyclic) bond motifs is 1. The molecule has 2 heterocycles. The van der Waals surface area contributed by atoms with Crippen molar-refractivity contribution >= 4 is 55.5 Å². The maximum atomic E-state index is 12.8. The highest BCUT2D eigenvalue weighted by Crippen LogP contribution is 2.38. The molecular formula is C18H14ClN7O7S. The monoisotopic (exact) mass is 507 g/mol. The summed E-state index contributed by atoms with van der Waals surface area (Å²) in [5.74, 6) is 0.0364. The molecule has 16 heteroatoms. The summed E-state index contributed by atoms with van der Waals surface area (Å²) in [7, 11) is -1.35. The fraction of sp³-hybridized carbons (Fsp3) is 0.111. The summed E-state index contributed by atoms with van der Waals surface area (Å²) >= 11 is 6.11. The Hall–Kier alpha value is -4.24. The van der Waals surface area contributed by atoms with E-state index in [9.17, 15) is 18.5 Å². The van der Waals surface area contributed by atoms with Crippen LogP contribution in [0.4, 0.5) is 22.9 Å². The first-order valence-corrected chi connectivity index (χ1v) is 11.0. The van der Waals surface area contributed by atoms with Crippen LogP contribution in [0.5, 0.6) is 11.9 Å². The molecule has 176 valence electrons. The Kier molecular flexibility index (Phi) is 6.04. The van der Waals surface area contributed by atoms with E-state index >= 15 is 0 Å². The largest absolute Gasteiger partial charge is 0.481 e. The van der Waals surface area contributed by atoms with Gasteiger partial charge >= 0.3 is 11.7 Å². The van der Waals surface area contributed by atoms with Crippen LogP contribution >= 0.6 is 11.6 Å². The molecule has 0 fully saturated rings. The van der Waals surface area contributed by atoms with Crippen LogP contribution in [0.1, 0.15) is 0 Å². The van der Waals surface area contributed by atoms with Crippen molar-refractivity contribution < 1.29 is 27.4 Å². The molecule has 2 N–H and O–H groups in total. The minimum atomic E-state index is -4.04. The lowest BCUT2D eigenvalue weighted by molar-refractivity contribution is -0.382. The van der Waals surface area contributed by atoms with Crippen molar-refractivity contribution in [2.45, 2.75) is 4.90 Å². The average molecular weight is 508 g/mol. The number of benzene rings is 2. The van der Waals surface area contributed by atoms with E-state index in [1.807, 2.05) is 0 Å². The second-order valence-corrected chi connectivity index (χ2v) is 8.60. The highest BCUT2D eigenvalue weighted by atomic mass is 35.5. The lowest BCUT2D eigenvalue weighted by Crippen LogP contribution is -2.14. The number of nitro benzene ring substituents is 1. The molecule has 0 bridgehead atoms. The third-order valence-electron chi connectivity index (χ3n) is 4.40. The Morgan fingerprint density at radius 1 is 1.06 bits per heavy atom. The number of anilines is 3. The topological polar surface area (TPSA) is 184 Å². The van der Waals surface area contributed by atoms with Crippen LogP contribution in [0, 0.1) is 10.1 Å². The number of methoxy groups -OCH3 is 2. The predicted molar refractivity (Wildman–Crippen MR) is 119 cm³/mol. The lowest BCUT2D eigenvalue weighted by Gasteiger charge is -2.11. The Labute approximate surface area is 196 Å². The van der Waals surface area contributed by atoms with Gasteiger partial charge in [-0.05, 0) is 40.6 Å². The molecule has 4 rings (SSSR count). The number of nitrogens with zero attached hydrogens (tertiary/aromatic N) is 5. The van der Waals surface area contributed by atoms with Crippen LogP contribution in [0.3, 0.4) is 0 Å². The zero-order valence-corrected chi connectivity index (χ0v) is 18.9. The molecule has 0 radical (unpaired) electrons. The van der Waals surface area contributed by atoms with E-state index in [1.54, 1.807) is 0 Å². The molecule has 0 amide bonds. The average Bonchev–Trinajstić information content (AvgIpc) is 3.29. The van der Waals surface area contributed by atoms with Gasteiger partial charge in [0.15, 0.2) is 11.3 Å². The van der Waals surface area contributed by atoms with Gasteiger partial charge in [-0.2, -0.15) is 9.97 Å². The van der Waals surface area contributed by atoms with Crippen LogP contribution in [0.2, 0.25) is 5.02 Å². The van der Waals surface area contributed by atoms with E-state index in [2.05, 4.69) is 34.9 Å². The molecule has 0 saturated carbocycles. The molecule has 0 atom stereocenters. The number of ether oxygens (including phenoxy) is 2. The first kappa shape index (κ1) is 22.9. The number of hydrogen-bond donors (Lipinski definition) is 2. The highest BCUT2D eigenvalue weighted by Gasteiger charge is 2.25. The van der Waals surface area contributed by atoms with E-state index in [4.69, 9.17) is 21.1 Å². The van der Waals surface area contributed by atoms with Crippen LogP contribution in [0.15, 0.2) is 45.9 Å². The molecule has 0 spiro atoms. The number of aromatic nitrogens is 4. The second kappa shape index (κ2) is 8.95. The van der Waals surface area contributed by atoms with Gasteiger partial charge in [0.05, 0.1) is 29.1 Å². The van der Waals surface area contributed by atoms with Crippen LogP contribution in [-0.4, -0.2) is 47.8 Å². The van der Waals surface area contributed by atoms with Gasteiger partial charge in [0, 0.05) is 11.8 Å². The SMILES string of the molecule is COc1cc(NS(=O)(=O)c2ccc(Nc3cc(Cl)c4nonc4c3[N+](=O)[O-])cc2)nc(OC)n1. The van der Waals surface area contributed by atoms with Crippen molar-refractivity contribution in [3.05, 3.63) is 51.5 Å². The molecule has 0 unspecified atom stereocenters. The predicted octanol–water partition coefficient (Wildman–Crippen LogP) is 3.14. The summed E-state index contributed by atoms with van der Waals surface area (Å²) in [6.45, 7) is 0. The van der Waals surface area contributed by atoms with Gasteiger partial charge in [-0.15, -0.1) is 0 Å². The fourth-order valence-corrected chi connectivity index (χ4v) is 4.12. The fourth-order valence-electron chi connectivity index (χ4n) is 2.89. The number of hydrogen-bond acceptors (Lipinski definition) is 12. The second-order valence-electron chi connectivity index (χ2n) is 6.51. The van der Waals surface area contributed by atoms with Crippen molar-refractivity contribution in [3.8, 4) is 11.9 Å². The van der Waals surface area contributed by atoms with Crippen molar-refractivity contribution in [2.24, 2.45) is 0 Å². The summed E-state index contributed by atoms with van der Waals surface area (Å²) in [6.07, 6.45) is 0. The summed E-state index contributed by atoms with van der Waals surface area (Å²) in [6, 6.07) is 7.92. The molecule has 0 aliphatic carbocycles. The normalized spacial score (nSPS) is 11.3. The molecule has 0 aliphatic heterocycles. The number of nitrogens with one attached hydrogen (secondary N) is 2. The number of nitro groups is 1. The van der Waals surface area contributed by atoms with Crippen LogP contribution < -0.4 is 19.5 Å².